The Hall–Kier alpha value is -2.89. The molecule has 0 spiro atoms. The van der Waals surface area contributed by atoms with E-state index in [9.17, 15) is 9.59 Å². The van der Waals surface area contributed by atoms with Gasteiger partial charge >= 0.3 is 5.97 Å². The molecule has 1 aromatic carbocycles. The van der Waals surface area contributed by atoms with Crippen molar-refractivity contribution in [2.45, 2.75) is 25.8 Å². The molecule has 1 aliphatic heterocycles. The number of nitrogens with one attached hydrogen (secondary N) is 1. The number of anilines is 1. The van der Waals surface area contributed by atoms with Crippen LogP contribution in [0.3, 0.4) is 0 Å². The third kappa shape index (κ3) is 3.96. The number of hydrogen-bond acceptors (Lipinski definition) is 4. The summed E-state index contributed by atoms with van der Waals surface area (Å²) in [4.78, 5) is 29.7. The van der Waals surface area contributed by atoms with Crippen molar-refractivity contribution in [2.24, 2.45) is 0 Å². The molecule has 3 rings (SSSR count). The van der Waals surface area contributed by atoms with Gasteiger partial charge in [0.1, 0.15) is 5.82 Å². The Morgan fingerprint density at radius 1 is 1.12 bits per heavy atom. The molecule has 0 aliphatic carbocycles. The zero-order valence-corrected chi connectivity index (χ0v) is 14.1. The van der Waals surface area contributed by atoms with Gasteiger partial charge in [0, 0.05) is 24.7 Å². The first-order valence-corrected chi connectivity index (χ1v) is 8.36. The fraction of sp³-hybridized carbons (Fsp3) is 0.316. The standard InChI is InChI=1S/C19H21N3O3/c1-13-5-2-3-6-15(13)18(23)20-14-9-11-22(12-10-14)17-8-4-7-16(21-17)19(24)25/h2-8,14H,9-12H2,1H3,(H,20,23)(H,24,25). The quantitative estimate of drug-likeness (QED) is 0.894. The van der Waals surface area contributed by atoms with E-state index in [4.69, 9.17) is 5.11 Å². The van der Waals surface area contributed by atoms with Crippen LogP contribution in [-0.4, -0.2) is 41.1 Å². The molecular formula is C19H21N3O3. The molecule has 0 bridgehead atoms. The van der Waals surface area contributed by atoms with Crippen LogP contribution in [0.25, 0.3) is 0 Å². The number of pyridine rings is 1. The molecule has 25 heavy (non-hydrogen) atoms. The first-order chi connectivity index (χ1) is 12.0. The van der Waals surface area contributed by atoms with Crippen LogP contribution in [0.1, 0.15) is 39.3 Å². The monoisotopic (exact) mass is 339 g/mol. The summed E-state index contributed by atoms with van der Waals surface area (Å²) < 4.78 is 0. The lowest BCUT2D eigenvalue weighted by molar-refractivity contribution is 0.0690. The molecule has 1 fully saturated rings. The zero-order chi connectivity index (χ0) is 17.8. The van der Waals surface area contributed by atoms with Crippen molar-refractivity contribution in [1.29, 1.82) is 0 Å². The second kappa shape index (κ2) is 7.34. The van der Waals surface area contributed by atoms with Gasteiger partial charge in [-0.15, -0.1) is 0 Å². The van der Waals surface area contributed by atoms with Gasteiger partial charge in [0.05, 0.1) is 0 Å². The fourth-order valence-corrected chi connectivity index (χ4v) is 3.06. The Balaban J connectivity index is 1.59. The minimum atomic E-state index is -1.03. The number of benzene rings is 1. The van der Waals surface area contributed by atoms with E-state index in [1.165, 1.54) is 6.07 Å². The second-order valence-corrected chi connectivity index (χ2v) is 6.24. The van der Waals surface area contributed by atoms with Gasteiger partial charge in [0.15, 0.2) is 5.69 Å². The summed E-state index contributed by atoms with van der Waals surface area (Å²) in [6, 6.07) is 12.7. The third-order valence-electron chi connectivity index (χ3n) is 4.50. The minimum absolute atomic E-state index is 0.0393. The number of piperidine rings is 1. The summed E-state index contributed by atoms with van der Waals surface area (Å²) in [5.74, 6) is -0.395. The maximum atomic E-state index is 12.4. The van der Waals surface area contributed by atoms with Crippen LogP contribution in [0.2, 0.25) is 0 Å². The number of aryl methyl sites for hydroxylation is 1. The molecule has 1 aliphatic rings. The van der Waals surface area contributed by atoms with Crippen molar-refractivity contribution >= 4 is 17.7 Å². The molecule has 0 atom stereocenters. The smallest absolute Gasteiger partial charge is 0.354 e. The number of rotatable bonds is 4. The minimum Gasteiger partial charge on any atom is -0.477 e. The first-order valence-electron chi connectivity index (χ1n) is 8.36. The van der Waals surface area contributed by atoms with Crippen LogP contribution in [-0.2, 0) is 0 Å². The van der Waals surface area contributed by atoms with Crippen LogP contribution in [0.5, 0.6) is 0 Å². The van der Waals surface area contributed by atoms with E-state index in [0.717, 1.165) is 31.5 Å². The number of nitrogens with zero attached hydrogens (tertiary/aromatic N) is 2. The molecular weight excluding hydrogens is 318 g/mol. The summed E-state index contributed by atoms with van der Waals surface area (Å²) in [6.07, 6.45) is 1.60. The molecule has 6 heteroatoms. The number of carbonyl (C=O) groups is 2. The lowest BCUT2D eigenvalue weighted by Gasteiger charge is -2.33. The van der Waals surface area contributed by atoms with E-state index in [-0.39, 0.29) is 17.6 Å². The average molecular weight is 339 g/mol. The highest BCUT2D eigenvalue weighted by molar-refractivity contribution is 5.95. The van der Waals surface area contributed by atoms with E-state index >= 15 is 0 Å². The molecule has 0 saturated carbocycles. The normalized spacial score (nSPS) is 15.0. The van der Waals surface area contributed by atoms with Gasteiger partial charge in [-0.1, -0.05) is 24.3 Å². The zero-order valence-electron chi connectivity index (χ0n) is 14.1. The third-order valence-corrected chi connectivity index (χ3v) is 4.50. The topological polar surface area (TPSA) is 82.5 Å². The van der Waals surface area contributed by atoms with Gasteiger partial charge in [-0.2, -0.15) is 0 Å². The number of carboxylic acid groups (broad SMARTS) is 1. The summed E-state index contributed by atoms with van der Waals surface area (Å²) in [7, 11) is 0. The summed E-state index contributed by atoms with van der Waals surface area (Å²) in [5.41, 5.74) is 1.72. The number of amides is 1. The summed E-state index contributed by atoms with van der Waals surface area (Å²) in [6.45, 7) is 3.39. The Morgan fingerprint density at radius 3 is 2.52 bits per heavy atom. The number of hydrogen-bond donors (Lipinski definition) is 2. The Labute approximate surface area is 146 Å². The van der Waals surface area contributed by atoms with Gasteiger partial charge in [-0.25, -0.2) is 9.78 Å². The van der Waals surface area contributed by atoms with E-state index in [1.54, 1.807) is 6.07 Å². The molecule has 1 aromatic heterocycles. The predicted octanol–water partition coefficient (Wildman–Crippen LogP) is 2.49. The van der Waals surface area contributed by atoms with Crippen LogP contribution < -0.4 is 10.2 Å². The molecule has 2 aromatic rings. The molecule has 0 unspecified atom stereocenters. The largest absolute Gasteiger partial charge is 0.477 e. The number of carboxylic acids is 1. The molecule has 0 radical (unpaired) electrons. The SMILES string of the molecule is Cc1ccccc1C(=O)NC1CCN(c2cccc(C(=O)O)n2)CC1. The van der Waals surface area contributed by atoms with Crippen LogP contribution >= 0.6 is 0 Å². The van der Waals surface area contributed by atoms with E-state index in [0.29, 0.717) is 11.4 Å². The van der Waals surface area contributed by atoms with Gasteiger partial charge in [-0.3, -0.25) is 4.79 Å². The van der Waals surface area contributed by atoms with Crippen molar-refractivity contribution < 1.29 is 14.7 Å². The van der Waals surface area contributed by atoms with Crippen LogP contribution in [0, 0.1) is 6.92 Å². The molecule has 1 saturated heterocycles. The lowest BCUT2D eigenvalue weighted by Crippen LogP contribution is -2.45. The lowest BCUT2D eigenvalue weighted by atomic mass is 10.0. The Kier molecular flexibility index (Phi) is 4.97. The number of carbonyl (C=O) groups excluding carboxylic acids is 1. The summed E-state index contributed by atoms with van der Waals surface area (Å²) >= 11 is 0. The van der Waals surface area contributed by atoms with E-state index in [1.807, 2.05) is 37.3 Å². The van der Waals surface area contributed by atoms with Crippen molar-refractivity contribution in [2.75, 3.05) is 18.0 Å². The fourth-order valence-electron chi connectivity index (χ4n) is 3.06. The highest BCUT2D eigenvalue weighted by Gasteiger charge is 2.22. The van der Waals surface area contributed by atoms with Gasteiger partial charge < -0.3 is 15.3 Å². The van der Waals surface area contributed by atoms with E-state index < -0.39 is 5.97 Å². The highest BCUT2D eigenvalue weighted by atomic mass is 16.4. The van der Waals surface area contributed by atoms with Crippen molar-refractivity contribution in [1.82, 2.24) is 10.3 Å². The van der Waals surface area contributed by atoms with Gasteiger partial charge in [-0.05, 0) is 43.5 Å². The van der Waals surface area contributed by atoms with Crippen molar-refractivity contribution in [3.05, 3.63) is 59.3 Å². The van der Waals surface area contributed by atoms with Gasteiger partial charge in [0.25, 0.3) is 5.91 Å². The van der Waals surface area contributed by atoms with Crippen molar-refractivity contribution in [3.63, 3.8) is 0 Å². The van der Waals surface area contributed by atoms with Gasteiger partial charge in [0.2, 0.25) is 0 Å². The first kappa shape index (κ1) is 17.0. The number of aromatic nitrogens is 1. The molecule has 2 heterocycles. The molecule has 6 nitrogen and oxygen atoms in total. The Morgan fingerprint density at radius 2 is 1.84 bits per heavy atom. The number of aromatic carboxylic acids is 1. The predicted molar refractivity (Wildman–Crippen MR) is 95.1 cm³/mol. The highest BCUT2D eigenvalue weighted by Crippen LogP contribution is 2.19. The summed E-state index contributed by atoms with van der Waals surface area (Å²) in [5, 5.41) is 12.1. The second-order valence-electron chi connectivity index (χ2n) is 6.24. The molecule has 1 amide bonds. The molecule has 130 valence electrons. The van der Waals surface area contributed by atoms with Crippen molar-refractivity contribution in [3.8, 4) is 0 Å². The molecule has 2 N–H and O–H groups in total. The maximum absolute atomic E-state index is 12.4. The Bertz CT molecular complexity index is 783. The van der Waals surface area contributed by atoms with Crippen LogP contribution in [0.15, 0.2) is 42.5 Å². The average Bonchev–Trinajstić information content (AvgIpc) is 2.62. The van der Waals surface area contributed by atoms with Crippen LogP contribution in [0.4, 0.5) is 5.82 Å². The van der Waals surface area contributed by atoms with E-state index in [2.05, 4.69) is 15.2 Å². The maximum Gasteiger partial charge on any atom is 0.354 e.